The fourth-order valence-electron chi connectivity index (χ4n) is 2.27. The standard InChI is InChI=1S/C17H20ClNO3/c1-17(2,3)22-16(21)19(4)14-9-15(20)12-8-6-5-7-11(12)13(14)10-18/h5-9,20H,10H2,1-4H3. The molecule has 0 aliphatic heterocycles. The quantitative estimate of drug-likeness (QED) is 0.819. The number of phenolic OH excluding ortho intramolecular Hbond substituents is 1. The number of phenols is 1. The van der Waals surface area contributed by atoms with Gasteiger partial charge in [0.15, 0.2) is 0 Å². The number of halogens is 1. The predicted molar refractivity (Wildman–Crippen MR) is 89.8 cm³/mol. The van der Waals surface area contributed by atoms with Crippen molar-refractivity contribution in [1.82, 2.24) is 0 Å². The van der Waals surface area contributed by atoms with Crippen LogP contribution in [0.3, 0.4) is 0 Å². The van der Waals surface area contributed by atoms with Crippen LogP contribution in [0.4, 0.5) is 10.5 Å². The van der Waals surface area contributed by atoms with Crippen molar-refractivity contribution in [3.05, 3.63) is 35.9 Å². The molecular weight excluding hydrogens is 302 g/mol. The number of rotatable bonds is 2. The molecule has 2 rings (SSSR count). The van der Waals surface area contributed by atoms with Crippen LogP contribution in [-0.4, -0.2) is 23.8 Å². The summed E-state index contributed by atoms with van der Waals surface area (Å²) in [6.07, 6.45) is -0.492. The molecule has 5 heteroatoms. The van der Waals surface area contributed by atoms with Crippen molar-refractivity contribution in [3.63, 3.8) is 0 Å². The fourth-order valence-corrected chi connectivity index (χ4v) is 2.55. The highest BCUT2D eigenvalue weighted by atomic mass is 35.5. The number of fused-ring (bicyclic) bond motifs is 1. The summed E-state index contributed by atoms with van der Waals surface area (Å²) in [6.45, 7) is 5.41. The molecule has 0 aromatic heterocycles. The summed E-state index contributed by atoms with van der Waals surface area (Å²) in [5.74, 6) is 0.332. The Hall–Kier alpha value is -1.94. The van der Waals surface area contributed by atoms with E-state index in [1.54, 1.807) is 33.9 Å². The van der Waals surface area contributed by atoms with Gasteiger partial charge in [0, 0.05) is 18.5 Å². The van der Waals surface area contributed by atoms with Crippen LogP contribution >= 0.6 is 11.6 Å². The second kappa shape index (κ2) is 6.05. The minimum atomic E-state index is -0.592. The number of carbonyl (C=O) groups is 1. The third-order valence-electron chi connectivity index (χ3n) is 3.27. The molecule has 0 aliphatic rings. The molecule has 0 radical (unpaired) electrons. The largest absolute Gasteiger partial charge is 0.507 e. The zero-order valence-corrected chi connectivity index (χ0v) is 13.9. The molecular formula is C17H20ClNO3. The van der Waals surface area contributed by atoms with E-state index in [-0.39, 0.29) is 11.6 Å². The lowest BCUT2D eigenvalue weighted by Crippen LogP contribution is -2.34. The van der Waals surface area contributed by atoms with Crippen LogP contribution < -0.4 is 4.90 Å². The van der Waals surface area contributed by atoms with E-state index in [0.717, 1.165) is 10.9 Å². The van der Waals surface area contributed by atoms with Crippen LogP contribution in [0, 0.1) is 0 Å². The summed E-state index contributed by atoms with van der Waals surface area (Å²) < 4.78 is 5.37. The summed E-state index contributed by atoms with van der Waals surface area (Å²) >= 11 is 6.08. The van der Waals surface area contributed by atoms with Crippen LogP contribution in [0.15, 0.2) is 30.3 Å². The summed E-state index contributed by atoms with van der Waals surface area (Å²) in [4.78, 5) is 13.6. The predicted octanol–water partition coefficient (Wildman–Crippen LogP) is 4.66. The highest BCUT2D eigenvalue weighted by molar-refractivity contribution is 6.19. The Morgan fingerprint density at radius 2 is 1.86 bits per heavy atom. The summed E-state index contributed by atoms with van der Waals surface area (Å²) in [7, 11) is 1.60. The number of ether oxygens (including phenoxy) is 1. The number of aromatic hydroxyl groups is 1. The topological polar surface area (TPSA) is 49.8 Å². The van der Waals surface area contributed by atoms with Crippen LogP contribution in [0.2, 0.25) is 0 Å². The summed E-state index contributed by atoms with van der Waals surface area (Å²) in [6, 6.07) is 8.95. The van der Waals surface area contributed by atoms with Crippen LogP contribution in [-0.2, 0) is 10.6 Å². The Morgan fingerprint density at radius 3 is 2.41 bits per heavy atom. The number of benzene rings is 2. The Labute approximate surface area is 135 Å². The van der Waals surface area contributed by atoms with Gasteiger partial charge < -0.3 is 9.84 Å². The maximum Gasteiger partial charge on any atom is 0.414 e. The first kappa shape index (κ1) is 16.4. The number of alkyl halides is 1. The molecule has 0 bridgehead atoms. The van der Waals surface area contributed by atoms with Gasteiger partial charge in [-0.2, -0.15) is 0 Å². The number of carbonyl (C=O) groups excluding carboxylic acids is 1. The maximum atomic E-state index is 12.3. The first-order valence-corrected chi connectivity index (χ1v) is 7.54. The van der Waals surface area contributed by atoms with Gasteiger partial charge in [-0.15, -0.1) is 11.6 Å². The van der Waals surface area contributed by atoms with Gasteiger partial charge in [0.2, 0.25) is 0 Å². The molecule has 0 spiro atoms. The van der Waals surface area contributed by atoms with Gasteiger partial charge in [0.1, 0.15) is 11.4 Å². The molecule has 0 heterocycles. The summed E-state index contributed by atoms with van der Waals surface area (Å²) in [5.41, 5.74) is 0.731. The summed E-state index contributed by atoms with van der Waals surface area (Å²) in [5, 5.41) is 11.7. The minimum absolute atomic E-state index is 0.106. The van der Waals surface area contributed by atoms with Gasteiger partial charge in [-0.1, -0.05) is 24.3 Å². The van der Waals surface area contributed by atoms with E-state index in [2.05, 4.69) is 0 Å². The van der Waals surface area contributed by atoms with Crippen LogP contribution in [0.5, 0.6) is 5.75 Å². The van der Waals surface area contributed by atoms with E-state index in [4.69, 9.17) is 16.3 Å². The zero-order valence-electron chi connectivity index (χ0n) is 13.2. The SMILES string of the molecule is CN(C(=O)OC(C)(C)C)c1cc(O)c2ccccc2c1CCl. The fraction of sp³-hybridized carbons (Fsp3) is 0.353. The van der Waals surface area contributed by atoms with Crippen LogP contribution in [0.1, 0.15) is 26.3 Å². The lowest BCUT2D eigenvalue weighted by molar-refractivity contribution is 0.0589. The first-order valence-electron chi connectivity index (χ1n) is 7.01. The molecule has 4 nitrogen and oxygen atoms in total. The molecule has 1 N–H and O–H groups in total. The molecule has 0 unspecified atom stereocenters. The van der Waals surface area contributed by atoms with Gasteiger partial charge in [-0.3, -0.25) is 4.90 Å². The van der Waals surface area contributed by atoms with Gasteiger partial charge in [-0.25, -0.2) is 4.79 Å². The van der Waals surface area contributed by atoms with Crippen molar-refractivity contribution >= 4 is 34.2 Å². The number of amides is 1. The van der Waals surface area contributed by atoms with Crippen molar-refractivity contribution in [3.8, 4) is 5.75 Å². The second-order valence-electron chi connectivity index (χ2n) is 6.11. The third kappa shape index (κ3) is 3.28. The Balaban J connectivity index is 2.53. The molecule has 2 aromatic carbocycles. The normalized spacial score (nSPS) is 11.5. The lowest BCUT2D eigenvalue weighted by Gasteiger charge is -2.26. The molecule has 118 valence electrons. The Kier molecular flexibility index (Phi) is 4.52. The number of hydrogen-bond acceptors (Lipinski definition) is 3. The van der Waals surface area contributed by atoms with Crippen LogP contribution in [0.25, 0.3) is 10.8 Å². The Bertz CT molecular complexity index is 707. The average molecular weight is 322 g/mol. The monoisotopic (exact) mass is 321 g/mol. The molecule has 0 saturated heterocycles. The second-order valence-corrected chi connectivity index (χ2v) is 6.38. The van der Waals surface area contributed by atoms with E-state index in [9.17, 15) is 9.90 Å². The van der Waals surface area contributed by atoms with E-state index < -0.39 is 11.7 Å². The highest BCUT2D eigenvalue weighted by Crippen LogP contribution is 2.36. The minimum Gasteiger partial charge on any atom is -0.507 e. The maximum absolute atomic E-state index is 12.3. The Morgan fingerprint density at radius 1 is 1.27 bits per heavy atom. The molecule has 0 fully saturated rings. The zero-order chi connectivity index (χ0) is 16.5. The van der Waals surface area contributed by atoms with Gasteiger partial charge in [0.25, 0.3) is 0 Å². The van der Waals surface area contributed by atoms with E-state index in [1.165, 1.54) is 4.90 Å². The van der Waals surface area contributed by atoms with Gasteiger partial charge >= 0.3 is 6.09 Å². The highest BCUT2D eigenvalue weighted by Gasteiger charge is 2.23. The molecule has 2 aromatic rings. The number of hydrogen-bond donors (Lipinski definition) is 1. The molecule has 22 heavy (non-hydrogen) atoms. The van der Waals surface area contributed by atoms with Gasteiger partial charge in [-0.05, 0) is 31.7 Å². The van der Waals surface area contributed by atoms with Crippen molar-refractivity contribution in [1.29, 1.82) is 0 Å². The van der Waals surface area contributed by atoms with E-state index in [0.29, 0.717) is 11.1 Å². The third-order valence-corrected chi connectivity index (χ3v) is 3.54. The lowest BCUT2D eigenvalue weighted by atomic mass is 10.0. The molecule has 1 amide bonds. The average Bonchev–Trinajstić information content (AvgIpc) is 2.44. The molecule has 0 aliphatic carbocycles. The van der Waals surface area contributed by atoms with Crippen molar-refractivity contribution in [2.75, 3.05) is 11.9 Å². The number of anilines is 1. The van der Waals surface area contributed by atoms with Crippen molar-refractivity contribution < 1.29 is 14.6 Å². The molecule has 0 saturated carbocycles. The smallest absolute Gasteiger partial charge is 0.414 e. The van der Waals surface area contributed by atoms with Crippen molar-refractivity contribution in [2.45, 2.75) is 32.3 Å². The number of nitrogens with zero attached hydrogens (tertiary/aromatic N) is 1. The van der Waals surface area contributed by atoms with E-state index in [1.807, 2.05) is 24.3 Å². The molecule has 0 atom stereocenters. The van der Waals surface area contributed by atoms with Gasteiger partial charge in [0.05, 0.1) is 11.6 Å². The first-order chi connectivity index (χ1) is 10.2. The van der Waals surface area contributed by atoms with E-state index >= 15 is 0 Å². The van der Waals surface area contributed by atoms with Crippen molar-refractivity contribution in [2.24, 2.45) is 0 Å².